The predicted molar refractivity (Wildman–Crippen MR) is 80.1 cm³/mol. The average molecular weight is 255 g/mol. The van der Waals surface area contributed by atoms with Gasteiger partial charge in [0.2, 0.25) is 0 Å². The molecule has 3 unspecified atom stereocenters. The maximum absolute atomic E-state index is 3.76. The van der Waals surface area contributed by atoms with Crippen LogP contribution in [0.4, 0.5) is 0 Å². The van der Waals surface area contributed by atoms with Crippen molar-refractivity contribution in [3.63, 3.8) is 0 Å². The van der Waals surface area contributed by atoms with E-state index in [1.54, 1.807) is 0 Å². The number of piperazine rings is 1. The maximum Gasteiger partial charge on any atom is 0.0235 e. The van der Waals surface area contributed by atoms with E-state index in [9.17, 15) is 0 Å². The minimum Gasteiger partial charge on any atom is -0.314 e. The van der Waals surface area contributed by atoms with Crippen molar-refractivity contribution in [1.82, 2.24) is 15.1 Å². The number of rotatable bonds is 7. The summed E-state index contributed by atoms with van der Waals surface area (Å²) in [7, 11) is 4.53. The molecule has 0 radical (unpaired) electrons. The summed E-state index contributed by atoms with van der Waals surface area (Å²) in [6, 6.07) is 1.39. The second-order valence-electron chi connectivity index (χ2n) is 6.08. The first-order valence-corrected chi connectivity index (χ1v) is 7.70. The summed E-state index contributed by atoms with van der Waals surface area (Å²) in [6.45, 7) is 11.7. The Morgan fingerprint density at radius 3 is 2.56 bits per heavy atom. The van der Waals surface area contributed by atoms with Crippen LogP contribution in [0.15, 0.2) is 0 Å². The second kappa shape index (κ2) is 8.13. The highest BCUT2D eigenvalue weighted by Gasteiger charge is 2.26. The topological polar surface area (TPSA) is 18.5 Å². The third-order valence-electron chi connectivity index (χ3n) is 4.49. The van der Waals surface area contributed by atoms with E-state index in [1.165, 1.54) is 38.9 Å². The van der Waals surface area contributed by atoms with E-state index in [1.807, 2.05) is 0 Å². The van der Waals surface area contributed by atoms with E-state index >= 15 is 0 Å². The lowest BCUT2D eigenvalue weighted by atomic mass is 9.91. The molecule has 1 heterocycles. The minimum atomic E-state index is 0.675. The second-order valence-corrected chi connectivity index (χ2v) is 6.08. The molecule has 1 aliphatic rings. The summed E-state index contributed by atoms with van der Waals surface area (Å²) >= 11 is 0. The molecule has 0 spiro atoms. The molecule has 3 nitrogen and oxygen atoms in total. The molecule has 0 aromatic carbocycles. The fraction of sp³-hybridized carbons (Fsp3) is 1.00. The van der Waals surface area contributed by atoms with Crippen molar-refractivity contribution in [1.29, 1.82) is 0 Å². The highest BCUT2D eigenvalue weighted by molar-refractivity contribution is 4.85. The number of likely N-dealkylation sites (N-methyl/N-ethyl adjacent to an activating group) is 2. The summed E-state index contributed by atoms with van der Waals surface area (Å²) in [6.07, 6.45) is 3.79. The Labute approximate surface area is 114 Å². The van der Waals surface area contributed by atoms with Gasteiger partial charge in [0.1, 0.15) is 0 Å². The molecule has 1 aliphatic heterocycles. The van der Waals surface area contributed by atoms with Gasteiger partial charge in [-0.05, 0) is 39.4 Å². The smallest absolute Gasteiger partial charge is 0.0235 e. The van der Waals surface area contributed by atoms with E-state index < -0.39 is 0 Å². The van der Waals surface area contributed by atoms with Crippen LogP contribution >= 0.6 is 0 Å². The van der Waals surface area contributed by atoms with Gasteiger partial charge >= 0.3 is 0 Å². The van der Waals surface area contributed by atoms with E-state index in [2.05, 4.69) is 50.0 Å². The van der Waals surface area contributed by atoms with Gasteiger partial charge in [-0.3, -0.25) is 0 Å². The van der Waals surface area contributed by atoms with Crippen LogP contribution in [0.25, 0.3) is 0 Å². The van der Waals surface area contributed by atoms with Crippen LogP contribution in [0.5, 0.6) is 0 Å². The molecule has 18 heavy (non-hydrogen) atoms. The summed E-state index contributed by atoms with van der Waals surface area (Å²) in [5.74, 6) is 0.775. The Bertz CT molecular complexity index is 220. The lowest BCUT2D eigenvalue weighted by molar-refractivity contribution is 0.0950. The molecular formula is C15H33N3. The molecule has 3 heteroatoms. The van der Waals surface area contributed by atoms with Crippen LogP contribution in [-0.4, -0.2) is 62.2 Å². The van der Waals surface area contributed by atoms with Crippen LogP contribution in [0, 0.1) is 5.92 Å². The van der Waals surface area contributed by atoms with Crippen LogP contribution in [0.1, 0.15) is 40.0 Å². The van der Waals surface area contributed by atoms with E-state index in [0.29, 0.717) is 12.1 Å². The Hall–Kier alpha value is -0.120. The molecule has 0 aliphatic carbocycles. The minimum absolute atomic E-state index is 0.675. The van der Waals surface area contributed by atoms with Crippen molar-refractivity contribution in [2.24, 2.45) is 5.92 Å². The van der Waals surface area contributed by atoms with Gasteiger partial charge < -0.3 is 15.1 Å². The highest BCUT2D eigenvalue weighted by atomic mass is 15.3. The lowest BCUT2D eigenvalue weighted by Crippen LogP contribution is -2.53. The number of hydrogen-bond donors (Lipinski definition) is 1. The summed E-state index contributed by atoms with van der Waals surface area (Å²) < 4.78 is 0. The number of nitrogens with one attached hydrogen (secondary N) is 1. The average Bonchev–Trinajstić information content (AvgIpc) is 2.37. The van der Waals surface area contributed by atoms with Crippen molar-refractivity contribution < 1.29 is 0 Å². The molecule has 0 bridgehead atoms. The van der Waals surface area contributed by atoms with Crippen LogP contribution in [0.3, 0.4) is 0 Å². The Balaban J connectivity index is 2.51. The largest absolute Gasteiger partial charge is 0.314 e. The molecule has 1 N–H and O–H groups in total. The van der Waals surface area contributed by atoms with Gasteiger partial charge in [0.25, 0.3) is 0 Å². The normalized spacial score (nSPS) is 26.2. The van der Waals surface area contributed by atoms with Gasteiger partial charge in [0, 0.05) is 31.7 Å². The fourth-order valence-electron chi connectivity index (χ4n) is 2.78. The summed E-state index contributed by atoms with van der Waals surface area (Å²) in [4.78, 5) is 5.02. The standard InChI is InChI=1S/C15H33N3/c1-6-8-16-15(13(3)7-2)11-14-12-17(4)9-10-18(14)5/h13-16H,6-12H2,1-5H3. The molecule has 0 amide bonds. The lowest BCUT2D eigenvalue weighted by Gasteiger charge is -2.40. The van der Waals surface area contributed by atoms with Crippen LogP contribution in [-0.2, 0) is 0 Å². The van der Waals surface area contributed by atoms with Crippen molar-refractivity contribution in [3.05, 3.63) is 0 Å². The van der Waals surface area contributed by atoms with Gasteiger partial charge in [-0.2, -0.15) is 0 Å². The third kappa shape index (κ3) is 4.87. The van der Waals surface area contributed by atoms with Gasteiger partial charge in [-0.25, -0.2) is 0 Å². The first kappa shape index (κ1) is 15.9. The van der Waals surface area contributed by atoms with Gasteiger partial charge in [-0.15, -0.1) is 0 Å². The SMILES string of the molecule is CCCNC(CC1CN(C)CCN1C)C(C)CC. The quantitative estimate of drug-likeness (QED) is 0.751. The Morgan fingerprint density at radius 1 is 1.22 bits per heavy atom. The van der Waals surface area contributed by atoms with Crippen molar-refractivity contribution >= 4 is 0 Å². The number of hydrogen-bond acceptors (Lipinski definition) is 3. The summed E-state index contributed by atoms with van der Waals surface area (Å²) in [5, 5.41) is 3.76. The van der Waals surface area contributed by atoms with E-state index in [4.69, 9.17) is 0 Å². The van der Waals surface area contributed by atoms with Crippen molar-refractivity contribution in [2.45, 2.75) is 52.1 Å². The van der Waals surface area contributed by atoms with Gasteiger partial charge in [0.05, 0.1) is 0 Å². The third-order valence-corrected chi connectivity index (χ3v) is 4.49. The fourth-order valence-corrected chi connectivity index (χ4v) is 2.78. The molecule has 0 saturated carbocycles. The molecule has 1 rings (SSSR count). The Morgan fingerprint density at radius 2 is 1.94 bits per heavy atom. The molecule has 108 valence electrons. The zero-order chi connectivity index (χ0) is 13.5. The highest BCUT2D eigenvalue weighted by Crippen LogP contribution is 2.18. The van der Waals surface area contributed by atoms with Crippen molar-refractivity contribution in [3.8, 4) is 0 Å². The monoisotopic (exact) mass is 255 g/mol. The van der Waals surface area contributed by atoms with Crippen LogP contribution in [0.2, 0.25) is 0 Å². The Kier molecular flexibility index (Phi) is 7.20. The zero-order valence-corrected chi connectivity index (χ0v) is 13.1. The van der Waals surface area contributed by atoms with Gasteiger partial charge in [-0.1, -0.05) is 27.2 Å². The first-order valence-electron chi connectivity index (χ1n) is 7.70. The molecule has 1 saturated heterocycles. The van der Waals surface area contributed by atoms with Gasteiger partial charge in [0.15, 0.2) is 0 Å². The predicted octanol–water partition coefficient (Wildman–Crippen LogP) is 2.04. The molecule has 1 fully saturated rings. The molecule has 3 atom stereocenters. The molecular weight excluding hydrogens is 222 g/mol. The maximum atomic E-state index is 3.76. The molecule has 0 aromatic rings. The van der Waals surface area contributed by atoms with E-state index in [-0.39, 0.29) is 0 Å². The van der Waals surface area contributed by atoms with Crippen LogP contribution < -0.4 is 5.32 Å². The van der Waals surface area contributed by atoms with E-state index in [0.717, 1.165) is 12.5 Å². The molecule has 0 aromatic heterocycles. The summed E-state index contributed by atoms with van der Waals surface area (Å²) in [5.41, 5.74) is 0. The zero-order valence-electron chi connectivity index (χ0n) is 13.1. The number of nitrogens with zero attached hydrogens (tertiary/aromatic N) is 2. The first-order chi connectivity index (χ1) is 8.58. The van der Waals surface area contributed by atoms with Crippen molar-refractivity contribution in [2.75, 3.05) is 40.3 Å².